The minimum Gasteiger partial charge on any atom is -0.495 e. The van der Waals surface area contributed by atoms with E-state index < -0.39 is 0 Å². The molecule has 5 nitrogen and oxygen atoms in total. The molecule has 2 aromatic heterocycles. The van der Waals surface area contributed by atoms with Gasteiger partial charge in [-0.2, -0.15) is 0 Å². The lowest BCUT2D eigenvalue weighted by atomic mass is 10.1. The minimum absolute atomic E-state index is 0.130. The monoisotopic (exact) mass is 321 g/mol. The van der Waals surface area contributed by atoms with Gasteiger partial charge in [0.15, 0.2) is 10.6 Å². The van der Waals surface area contributed by atoms with E-state index in [0.717, 1.165) is 4.88 Å². The lowest BCUT2D eigenvalue weighted by Gasteiger charge is -2.08. The van der Waals surface area contributed by atoms with Crippen molar-refractivity contribution in [3.8, 4) is 17.1 Å². The second-order valence-electron chi connectivity index (χ2n) is 4.51. The molecule has 0 aliphatic rings. The highest BCUT2D eigenvalue weighted by Gasteiger charge is 2.14. The summed E-state index contributed by atoms with van der Waals surface area (Å²) in [5.74, 6) is 0.506. The number of hydrogen-bond donors (Lipinski definition) is 2. The van der Waals surface area contributed by atoms with Crippen molar-refractivity contribution in [2.24, 2.45) is 0 Å². The number of nitrogens with zero attached hydrogens (tertiary/aromatic N) is 1. The molecular formula is C14H12ClN3O2S. The summed E-state index contributed by atoms with van der Waals surface area (Å²) in [4.78, 5) is 20.6. The van der Waals surface area contributed by atoms with Crippen molar-refractivity contribution >= 4 is 39.0 Å². The number of H-pyrrole nitrogens is 1. The molecule has 108 valence electrons. The zero-order valence-electron chi connectivity index (χ0n) is 11.4. The Morgan fingerprint density at radius 2 is 2.19 bits per heavy atom. The largest absolute Gasteiger partial charge is 0.495 e. The zero-order valence-corrected chi connectivity index (χ0v) is 12.9. The third kappa shape index (κ3) is 2.26. The molecule has 0 radical (unpaired) electrons. The number of nitrogens with one attached hydrogen (secondary N) is 1. The van der Waals surface area contributed by atoms with Gasteiger partial charge in [-0.1, -0.05) is 11.6 Å². The second kappa shape index (κ2) is 5.05. The molecule has 7 heteroatoms. The summed E-state index contributed by atoms with van der Waals surface area (Å²) in [7, 11) is 1.53. The fourth-order valence-electron chi connectivity index (χ4n) is 2.22. The highest BCUT2D eigenvalue weighted by molar-refractivity contribution is 7.15. The third-order valence-electron chi connectivity index (χ3n) is 3.20. The molecule has 0 unspecified atom stereocenters. The molecule has 0 saturated heterocycles. The predicted octanol–water partition coefficient (Wildman–Crippen LogP) is 3.20. The van der Waals surface area contributed by atoms with Crippen LogP contribution in [0.3, 0.4) is 0 Å². The lowest BCUT2D eigenvalue weighted by molar-refractivity contribution is 0.415. The average Bonchev–Trinajstić information content (AvgIpc) is 2.78. The van der Waals surface area contributed by atoms with Gasteiger partial charge in [-0.3, -0.25) is 4.79 Å². The number of benzene rings is 1. The molecule has 0 atom stereocenters. The first kappa shape index (κ1) is 13.9. The maximum absolute atomic E-state index is 12.3. The van der Waals surface area contributed by atoms with Gasteiger partial charge in [-0.15, -0.1) is 11.3 Å². The topological polar surface area (TPSA) is 81.0 Å². The minimum atomic E-state index is -0.130. The Hall–Kier alpha value is -2.05. The van der Waals surface area contributed by atoms with Gasteiger partial charge in [0.1, 0.15) is 16.5 Å². The van der Waals surface area contributed by atoms with E-state index in [0.29, 0.717) is 38.2 Å². The number of anilines is 1. The summed E-state index contributed by atoms with van der Waals surface area (Å²) in [6.45, 7) is 1.90. The number of aromatic amines is 1. The van der Waals surface area contributed by atoms with Crippen LogP contribution in [0.25, 0.3) is 22.3 Å². The molecule has 0 aliphatic heterocycles. The zero-order chi connectivity index (χ0) is 15.1. The first-order valence-corrected chi connectivity index (χ1v) is 7.33. The first-order valence-electron chi connectivity index (χ1n) is 6.14. The van der Waals surface area contributed by atoms with Crippen LogP contribution < -0.4 is 15.9 Å². The van der Waals surface area contributed by atoms with E-state index in [1.807, 2.05) is 6.92 Å². The van der Waals surface area contributed by atoms with Gasteiger partial charge in [0, 0.05) is 16.3 Å². The van der Waals surface area contributed by atoms with E-state index in [-0.39, 0.29) is 5.43 Å². The van der Waals surface area contributed by atoms with Crippen LogP contribution in [0.4, 0.5) is 5.13 Å². The molecule has 0 fully saturated rings. The summed E-state index contributed by atoms with van der Waals surface area (Å²) in [5.41, 5.74) is 7.37. The van der Waals surface area contributed by atoms with Crippen molar-refractivity contribution in [3.63, 3.8) is 0 Å². The van der Waals surface area contributed by atoms with Crippen LogP contribution in [-0.2, 0) is 0 Å². The molecular weight excluding hydrogens is 310 g/mol. The number of aromatic nitrogens is 2. The number of thiazole rings is 1. The first-order chi connectivity index (χ1) is 10.0. The molecule has 2 heterocycles. The normalized spacial score (nSPS) is 11.0. The van der Waals surface area contributed by atoms with Crippen LogP contribution >= 0.6 is 22.9 Å². The Bertz CT molecular complexity index is 901. The van der Waals surface area contributed by atoms with Crippen molar-refractivity contribution in [2.45, 2.75) is 6.92 Å². The van der Waals surface area contributed by atoms with Gasteiger partial charge in [0.2, 0.25) is 0 Å². The maximum atomic E-state index is 12.3. The van der Waals surface area contributed by atoms with Crippen LogP contribution in [0.5, 0.6) is 5.75 Å². The predicted molar refractivity (Wildman–Crippen MR) is 86.4 cm³/mol. The molecule has 21 heavy (non-hydrogen) atoms. The number of pyridine rings is 1. The molecule has 3 aromatic rings. The van der Waals surface area contributed by atoms with E-state index in [4.69, 9.17) is 22.1 Å². The molecule has 0 amide bonds. The number of aryl methyl sites for hydroxylation is 1. The van der Waals surface area contributed by atoms with E-state index in [2.05, 4.69) is 9.97 Å². The molecule has 0 aliphatic carbocycles. The van der Waals surface area contributed by atoms with Crippen LogP contribution in [0, 0.1) is 6.92 Å². The van der Waals surface area contributed by atoms with Crippen LogP contribution in [-0.4, -0.2) is 17.1 Å². The molecule has 3 rings (SSSR count). The van der Waals surface area contributed by atoms with E-state index in [9.17, 15) is 4.79 Å². The summed E-state index contributed by atoms with van der Waals surface area (Å²) >= 11 is 7.65. The fraction of sp³-hybridized carbons (Fsp3) is 0.143. The SMILES string of the molecule is COc1ccc2c(=O)cc(-c3nc(N)sc3C)[nH]c2c1Cl. The number of ether oxygens (including phenoxy) is 1. The van der Waals surface area contributed by atoms with E-state index >= 15 is 0 Å². The number of methoxy groups -OCH3 is 1. The van der Waals surface area contributed by atoms with E-state index in [1.54, 1.807) is 12.1 Å². The Balaban J connectivity index is 2.34. The van der Waals surface area contributed by atoms with Gasteiger partial charge in [0.05, 0.1) is 18.3 Å². The third-order valence-corrected chi connectivity index (χ3v) is 4.37. The molecule has 0 bridgehead atoms. The smallest absolute Gasteiger partial charge is 0.190 e. The number of nitrogens with two attached hydrogens (primary N) is 1. The number of hydrogen-bond acceptors (Lipinski definition) is 5. The highest BCUT2D eigenvalue weighted by Crippen LogP contribution is 2.33. The van der Waals surface area contributed by atoms with Gasteiger partial charge < -0.3 is 15.5 Å². The van der Waals surface area contributed by atoms with Gasteiger partial charge in [-0.05, 0) is 19.1 Å². The Labute approximate surface area is 129 Å². The second-order valence-corrected chi connectivity index (χ2v) is 6.12. The standard InChI is InChI=1S/C14H12ClN3O2S/c1-6-12(18-14(16)21-6)8-5-9(19)7-3-4-10(20-2)11(15)13(7)17-8/h3-5H,1-2H3,(H2,16,18)(H,17,19). The van der Waals surface area contributed by atoms with Gasteiger partial charge in [-0.25, -0.2) is 4.98 Å². The maximum Gasteiger partial charge on any atom is 0.190 e. The average molecular weight is 322 g/mol. The Morgan fingerprint density at radius 1 is 1.43 bits per heavy atom. The number of halogens is 1. The number of rotatable bonds is 2. The van der Waals surface area contributed by atoms with Crippen LogP contribution in [0.15, 0.2) is 23.0 Å². The van der Waals surface area contributed by atoms with Gasteiger partial charge in [0.25, 0.3) is 0 Å². The molecule has 3 N–H and O–H groups in total. The van der Waals surface area contributed by atoms with Crippen molar-refractivity contribution < 1.29 is 4.74 Å². The quantitative estimate of drug-likeness (QED) is 0.759. The Kier molecular flexibility index (Phi) is 3.35. The Morgan fingerprint density at radius 3 is 2.81 bits per heavy atom. The number of nitrogen functional groups attached to an aromatic ring is 1. The molecule has 0 spiro atoms. The van der Waals surface area contributed by atoms with Crippen LogP contribution in [0.1, 0.15) is 4.88 Å². The van der Waals surface area contributed by atoms with Crippen molar-refractivity contribution in [2.75, 3.05) is 12.8 Å². The number of fused-ring (bicyclic) bond motifs is 1. The van der Waals surface area contributed by atoms with Crippen LogP contribution in [0.2, 0.25) is 5.02 Å². The van der Waals surface area contributed by atoms with Crippen molar-refractivity contribution in [1.82, 2.24) is 9.97 Å². The molecule has 1 aromatic carbocycles. The van der Waals surface area contributed by atoms with Crippen molar-refractivity contribution in [3.05, 3.63) is 38.3 Å². The lowest BCUT2D eigenvalue weighted by Crippen LogP contribution is -2.04. The van der Waals surface area contributed by atoms with Crippen molar-refractivity contribution in [1.29, 1.82) is 0 Å². The summed E-state index contributed by atoms with van der Waals surface area (Å²) in [6, 6.07) is 4.86. The fourth-order valence-corrected chi connectivity index (χ4v) is 3.21. The summed E-state index contributed by atoms with van der Waals surface area (Å²) in [5, 5.41) is 1.33. The van der Waals surface area contributed by atoms with Gasteiger partial charge >= 0.3 is 0 Å². The van der Waals surface area contributed by atoms with E-state index in [1.165, 1.54) is 24.5 Å². The highest BCUT2D eigenvalue weighted by atomic mass is 35.5. The summed E-state index contributed by atoms with van der Waals surface area (Å²) < 4.78 is 5.18. The summed E-state index contributed by atoms with van der Waals surface area (Å²) in [6.07, 6.45) is 0. The molecule has 0 saturated carbocycles.